The summed E-state index contributed by atoms with van der Waals surface area (Å²) < 4.78 is 10.4. The first kappa shape index (κ1) is 18.3. The first-order valence-electron chi connectivity index (χ1n) is 8.95. The molecule has 26 heavy (non-hydrogen) atoms. The molecule has 3 heterocycles. The minimum absolute atomic E-state index is 0.159. The molecule has 0 unspecified atom stereocenters. The molecule has 8 heteroatoms. The van der Waals surface area contributed by atoms with E-state index in [-0.39, 0.29) is 12.1 Å². The van der Waals surface area contributed by atoms with Crippen LogP contribution in [0.5, 0.6) is 0 Å². The Balaban J connectivity index is 1.68. The first-order valence-corrected chi connectivity index (χ1v) is 8.95. The van der Waals surface area contributed by atoms with E-state index in [4.69, 9.17) is 9.26 Å². The van der Waals surface area contributed by atoms with E-state index in [2.05, 4.69) is 24.9 Å². The Morgan fingerprint density at radius 1 is 1.31 bits per heavy atom. The van der Waals surface area contributed by atoms with E-state index < -0.39 is 0 Å². The maximum Gasteiger partial charge on any atom is 0.342 e. The average Bonchev–Trinajstić information content (AvgIpc) is 2.88. The number of nitrogens with zero attached hydrogens (tertiary/aromatic N) is 5. The van der Waals surface area contributed by atoms with Gasteiger partial charge in [0.05, 0.1) is 12.6 Å². The maximum absolute atomic E-state index is 12.4. The summed E-state index contributed by atoms with van der Waals surface area (Å²) in [5.74, 6) is 1.65. The largest absolute Gasteiger partial charge is 0.459 e. The first-order chi connectivity index (χ1) is 12.5. The maximum atomic E-state index is 12.4. The topological polar surface area (TPSA) is 84.6 Å². The molecule has 0 bridgehead atoms. The van der Waals surface area contributed by atoms with E-state index in [1.165, 1.54) is 0 Å². The molecule has 0 radical (unpaired) electrons. The number of ether oxygens (including phenoxy) is 1. The van der Waals surface area contributed by atoms with E-state index in [1.54, 1.807) is 25.3 Å². The Bertz CT molecular complexity index is 746. The van der Waals surface area contributed by atoms with Crippen molar-refractivity contribution in [3.63, 3.8) is 0 Å². The number of carbonyl (C=O) groups excluding carboxylic acids is 1. The lowest BCUT2D eigenvalue weighted by molar-refractivity contribution is 0.0378. The molecule has 0 N–H and O–H groups in total. The number of esters is 1. The molecule has 1 aliphatic heterocycles. The fourth-order valence-corrected chi connectivity index (χ4v) is 3.03. The van der Waals surface area contributed by atoms with Crippen molar-refractivity contribution in [2.45, 2.75) is 39.8 Å². The highest BCUT2D eigenvalue weighted by Crippen LogP contribution is 2.21. The van der Waals surface area contributed by atoms with Crippen LogP contribution in [-0.4, -0.2) is 58.3 Å². The van der Waals surface area contributed by atoms with Crippen LogP contribution >= 0.6 is 0 Å². The van der Waals surface area contributed by atoms with Gasteiger partial charge >= 0.3 is 5.97 Å². The van der Waals surface area contributed by atoms with Crippen molar-refractivity contribution in [2.75, 3.05) is 31.1 Å². The van der Waals surface area contributed by atoms with Gasteiger partial charge in [0.1, 0.15) is 11.4 Å². The normalized spacial score (nSPS) is 15.9. The highest BCUT2D eigenvalue weighted by molar-refractivity contribution is 5.94. The zero-order valence-electron chi connectivity index (χ0n) is 15.5. The molecular formula is C18H25N5O3. The lowest BCUT2D eigenvalue weighted by atomic mass is 10.2. The standard InChI is InChI=1S/C18H25N5O3/c1-13(2)25-18(24)15-6-4-7-19-17(15)23-9-5-8-22(10-11-23)12-16-20-14(3)26-21-16/h4,6-7,13H,5,8-12H2,1-3H3. The zero-order valence-corrected chi connectivity index (χ0v) is 15.5. The second-order valence-corrected chi connectivity index (χ2v) is 6.68. The van der Waals surface area contributed by atoms with Crippen molar-refractivity contribution in [3.05, 3.63) is 35.6 Å². The molecule has 0 aliphatic carbocycles. The second kappa shape index (κ2) is 8.27. The number of anilines is 1. The highest BCUT2D eigenvalue weighted by Gasteiger charge is 2.23. The number of hydrogen-bond acceptors (Lipinski definition) is 8. The minimum atomic E-state index is -0.327. The number of aryl methyl sites for hydroxylation is 1. The summed E-state index contributed by atoms with van der Waals surface area (Å²) in [5, 5.41) is 3.97. The van der Waals surface area contributed by atoms with E-state index in [1.807, 2.05) is 13.8 Å². The molecule has 1 fully saturated rings. The fraction of sp³-hybridized carbons (Fsp3) is 0.556. The molecule has 2 aromatic heterocycles. The molecular weight excluding hydrogens is 334 g/mol. The van der Waals surface area contributed by atoms with Crippen LogP contribution in [-0.2, 0) is 11.3 Å². The summed E-state index contributed by atoms with van der Waals surface area (Å²) in [6.45, 7) is 9.52. The average molecular weight is 359 g/mol. The molecule has 0 atom stereocenters. The molecule has 8 nitrogen and oxygen atoms in total. The van der Waals surface area contributed by atoms with Crippen molar-refractivity contribution < 1.29 is 14.1 Å². The highest BCUT2D eigenvalue weighted by atomic mass is 16.5. The van der Waals surface area contributed by atoms with Crippen LogP contribution < -0.4 is 4.90 Å². The van der Waals surface area contributed by atoms with Gasteiger partial charge in [0.25, 0.3) is 0 Å². The zero-order chi connectivity index (χ0) is 18.5. The van der Waals surface area contributed by atoms with Crippen molar-refractivity contribution in [1.29, 1.82) is 0 Å². The Morgan fingerprint density at radius 2 is 2.15 bits per heavy atom. The Morgan fingerprint density at radius 3 is 2.88 bits per heavy atom. The van der Waals surface area contributed by atoms with Crippen molar-refractivity contribution in [3.8, 4) is 0 Å². The number of hydrogen-bond donors (Lipinski definition) is 0. The summed E-state index contributed by atoms with van der Waals surface area (Å²) >= 11 is 0. The molecule has 2 aromatic rings. The third-order valence-electron chi connectivity index (χ3n) is 4.17. The van der Waals surface area contributed by atoms with Crippen LogP contribution in [0.1, 0.15) is 42.3 Å². The number of aromatic nitrogens is 3. The van der Waals surface area contributed by atoms with Gasteiger partial charge in [-0.25, -0.2) is 9.78 Å². The van der Waals surface area contributed by atoms with Gasteiger partial charge in [-0.3, -0.25) is 4.90 Å². The lowest BCUT2D eigenvalue weighted by Crippen LogP contribution is -2.32. The third-order valence-corrected chi connectivity index (χ3v) is 4.17. The summed E-state index contributed by atoms with van der Waals surface area (Å²) in [5.41, 5.74) is 0.517. The predicted octanol–water partition coefficient (Wildman–Crippen LogP) is 2.05. The summed E-state index contributed by atoms with van der Waals surface area (Å²) in [6.07, 6.45) is 2.52. The summed E-state index contributed by atoms with van der Waals surface area (Å²) in [4.78, 5) is 25.6. The minimum Gasteiger partial charge on any atom is -0.459 e. The van der Waals surface area contributed by atoms with Gasteiger partial charge in [-0.1, -0.05) is 5.16 Å². The fourth-order valence-electron chi connectivity index (χ4n) is 3.03. The van der Waals surface area contributed by atoms with Crippen LogP contribution in [0.3, 0.4) is 0 Å². The van der Waals surface area contributed by atoms with E-state index in [0.717, 1.165) is 32.6 Å². The molecule has 0 aromatic carbocycles. The van der Waals surface area contributed by atoms with Crippen LogP contribution in [0.15, 0.2) is 22.9 Å². The van der Waals surface area contributed by atoms with Gasteiger partial charge in [0.15, 0.2) is 5.82 Å². The van der Waals surface area contributed by atoms with Gasteiger partial charge in [-0.2, -0.15) is 4.98 Å². The monoisotopic (exact) mass is 359 g/mol. The van der Waals surface area contributed by atoms with Crippen LogP contribution in [0.4, 0.5) is 5.82 Å². The van der Waals surface area contributed by atoms with Gasteiger partial charge in [0, 0.05) is 39.3 Å². The third kappa shape index (κ3) is 4.57. The molecule has 0 saturated carbocycles. The molecule has 3 rings (SSSR count). The Kier molecular flexibility index (Phi) is 5.82. The number of carbonyl (C=O) groups is 1. The second-order valence-electron chi connectivity index (χ2n) is 6.68. The van der Waals surface area contributed by atoms with Crippen molar-refractivity contribution >= 4 is 11.8 Å². The van der Waals surface area contributed by atoms with Crippen LogP contribution in [0.25, 0.3) is 0 Å². The SMILES string of the molecule is Cc1nc(CN2CCCN(c3ncccc3C(=O)OC(C)C)CC2)no1. The lowest BCUT2D eigenvalue weighted by Gasteiger charge is -2.24. The molecule has 140 valence electrons. The Hall–Kier alpha value is -2.48. The van der Waals surface area contributed by atoms with E-state index in [9.17, 15) is 4.79 Å². The smallest absolute Gasteiger partial charge is 0.342 e. The molecule has 1 aliphatic rings. The molecule has 1 saturated heterocycles. The number of pyridine rings is 1. The van der Waals surface area contributed by atoms with E-state index in [0.29, 0.717) is 29.6 Å². The van der Waals surface area contributed by atoms with Gasteiger partial charge in [0.2, 0.25) is 5.89 Å². The van der Waals surface area contributed by atoms with E-state index >= 15 is 0 Å². The quantitative estimate of drug-likeness (QED) is 0.750. The van der Waals surface area contributed by atoms with Gasteiger partial charge in [-0.05, 0) is 32.4 Å². The van der Waals surface area contributed by atoms with Crippen molar-refractivity contribution in [2.24, 2.45) is 0 Å². The summed E-state index contributed by atoms with van der Waals surface area (Å²) in [7, 11) is 0. The van der Waals surface area contributed by atoms with Gasteiger partial charge in [-0.15, -0.1) is 0 Å². The predicted molar refractivity (Wildman–Crippen MR) is 95.9 cm³/mol. The van der Waals surface area contributed by atoms with Crippen LogP contribution in [0.2, 0.25) is 0 Å². The molecule has 0 amide bonds. The van der Waals surface area contributed by atoms with Crippen molar-refractivity contribution in [1.82, 2.24) is 20.0 Å². The summed E-state index contributed by atoms with van der Waals surface area (Å²) in [6, 6.07) is 3.54. The van der Waals surface area contributed by atoms with Gasteiger partial charge < -0.3 is 14.2 Å². The Labute approximate surface area is 153 Å². The molecule has 0 spiro atoms. The van der Waals surface area contributed by atoms with Crippen LogP contribution in [0, 0.1) is 6.92 Å². The number of rotatable bonds is 5.